The maximum atomic E-state index is 12.9. The number of rotatable bonds is 1. The third-order valence-electron chi connectivity index (χ3n) is 2.72. The minimum atomic E-state index is -0.221. The number of aryl methyl sites for hydroxylation is 1. The highest BCUT2D eigenvalue weighted by Crippen LogP contribution is 2.33. The Bertz CT molecular complexity index is 673. The molecule has 0 aliphatic heterocycles. The number of aromatic nitrogens is 2. The van der Waals surface area contributed by atoms with Gasteiger partial charge < -0.3 is 0 Å². The molecule has 2 aromatic heterocycles. The zero-order chi connectivity index (χ0) is 11.8. The molecule has 17 heavy (non-hydrogen) atoms. The molecule has 0 unspecified atom stereocenters. The fourth-order valence-corrected chi connectivity index (χ4v) is 2.83. The molecule has 2 heterocycles. The van der Waals surface area contributed by atoms with Gasteiger partial charge in [0.15, 0.2) is 0 Å². The van der Waals surface area contributed by atoms with E-state index in [1.165, 1.54) is 12.1 Å². The van der Waals surface area contributed by atoms with Gasteiger partial charge >= 0.3 is 0 Å². The van der Waals surface area contributed by atoms with Crippen LogP contribution in [0.5, 0.6) is 0 Å². The van der Waals surface area contributed by atoms with Crippen molar-refractivity contribution in [3.8, 4) is 11.1 Å². The second kappa shape index (κ2) is 3.89. The Morgan fingerprint density at radius 2 is 1.88 bits per heavy atom. The molecule has 4 heteroatoms. The largest absolute Gasteiger partial charge is 0.241 e. The van der Waals surface area contributed by atoms with Crippen LogP contribution in [0.3, 0.4) is 0 Å². The van der Waals surface area contributed by atoms with Gasteiger partial charge in [-0.05, 0) is 24.6 Å². The van der Waals surface area contributed by atoms with E-state index < -0.39 is 0 Å². The maximum Gasteiger partial charge on any atom is 0.127 e. The van der Waals surface area contributed by atoms with Crippen LogP contribution < -0.4 is 0 Å². The number of nitrogens with zero attached hydrogens (tertiary/aromatic N) is 2. The smallest absolute Gasteiger partial charge is 0.127 e. The van der Waals surface area contributed by atoms with Gasteiger partial charge in [0.1, 0.15) is 17.0 Å². The van der Waals surface area contributed by atoms with E-state index in [4.69, 9.17) is 0 Å². The van der Waals surface area contributed by atoms with Crippen molar-refractivity contribution in [1.29, 1.82) is 0 Å². The van der Waals surface area contributed by atoms with Gasteiger partial charge in [0.25, 0.3) is 0 Å². The lowest BCUT2D eigenvalue weighted by atomic mass is 10.1. The summed E-state index contributed by atoms with van der Waals surface area (Å²) >= 11 is 1.58. The monoisotopic (exact) mass is 244 g/mol. The van der Waals surface area contributed by atoms with Crippen molar-refractivity contribution in [3.63, 3.8) is 0 Å². The van der Waals surface area contributed by atoms with Crippen LogP contribution in [0.15, 0.2) is 36.0 Å². The van der Waals surface area contributed by atoms with E-state index in [-0.39, 0.29) is 5.82 Å². The van der Waals surface area contributed by atoms with Gasteiger partial charge in [-0.25, -0.2) is 14.4 Å². The van der Waals surface area contributed by atoms with E-state index in [0.717, 1.165) is 27.0 Å². The summed E-state index contributed by atoms with van der Waals surface area (Å²) in [5.41, 5.74) is 3.02. The van der Waals surface area contributed by atoms with Crippen LogP contribution in [0.2, 0.25) is 0 Å². The summed E-state index contributed by atoms with van der Waals surface area (Å²) in [6.07, 6.45) is 1.57. The molecule has 0 saturated carbocycles. The highest BCUT2D eigenvalue weighted by molar-refractivity contribution is 7.17. The highest BCUT2D eigenvalue weighted by Gasteiger charge is 2.10. The SMILES string of the molecule is Cc1ncnc2scc(-c3ccc(F)cc3)c12. The molecule has 0 radical (unpaired) electrons. The molecule has 0 bridgehead atoms. The van der Waals surface area contributed by atoms with E-state index in [2.05, 4.69) is 9.97 Å². The summed E-state index contributed by atoms with van der Waals surface area (Å²) < 4.78 is 12.9. The van der Waals surface area contributed by atoms with Crippen LogP contribution in [-0.4, -0.2) is 9.97 Å². The standard InChI is InChI=1S/C13H9FN2S/c1-8-12-11(6-17-13(12)16-7-15-8)9-2-4-10(14)5-3-9/h2-7H,1H3. The first-order valence-electron chi connectivity index (χ1n) is 5.20. The van der Waals surface area contributed by atoms with Crippen LogP contribution in [-0.2, 0) is 0 Å². The molecular formula is C13H9FN2S. The average molecular weight is 244 g/mol. The Morgan fingerprint density at radius 1 is 1.12 bits per heavy atom. The van der Waals surface area contributed by atoms with Crippen LogP contribution >= 0.6 is 11.3 Å². The fourth-order valence-electron chi connectivity index (χ4n) is 1.87. The van der Waals surface area contributed by atoms with E-state index in [1.807, 2.05) is 12.3 Å². The predicted octanol–water partition coefficient (Wildman–Crippen LogP) is 3.81. The molecule has 0 atom stereocenters. The molecule has 0 N–H and O–H groups in total. The first-order chi connectivity index (χ1) is 8.25. The average Bonchev–Trinajstić information content (AvgIpc) is 2.75. The summed E-state index contributed by atoms with van der Waals surface area (Å²) in [4.78, 5) is 9.41. The van der Waals surface area contributed by atoms with Gasteiger partial charge in [-0.1, -0.05) is 12.1 Å². The molecule has 0 aliphatic rings. The topological polar surface area (TPSA) is 25.8 Å². The first kappa shape index (κ1) is 10.4. The van der Waals surface area contributed by atoms with E-state index in [0.29, 0.717) is 0 Å². The Morgan fingerprint density at radius 3 is 2.65 bits per heavy atom. The molecule has 1 aromatic carbocycles. The number of fused-ring (bicyclic) bond motifs is 1. The van der Waals surface area contributed by atoms with Gasteiger partial charge in [-0.15, -0.1) is 11.3 Å². The Labute approximate surface area is 102 Å². The minimum absolute atomic E-state index is 0.221. The second-order valence-corrected chi connectivity index (χ2v) is 4.65. The van der Waals surface area contributed by atoms with Crippen molar-refractivity contribution in [2.75, 3.05) is 0 Å². The number of hydrogen-bond donors (Lipinski definition) is 0. The van der Waals surface area contributed by atoms with Crippen LogP contribution in [0.1, 0.15) is 5.69 Å². The minimum Gasteiger partial charge on any atom is -0.241 e. The summed E-state index contributed by atoms with van der Waals surface area (Å²) in [6.45, 7) is 1.96. The predicted molar refractivity (Wildman–Crippen MR) is 67.5 cm³/mol. The third-order valence-corrected chi connectivity index (χ3v) is 3.60. The van der Waals surface area contributed by atoms with E-state index >= 15 is 0 Å². The van der Waals surface area contributed by atoms with E-state index in [9.17, 15) is 4.39 Å². The lowest BCUT2D eigenvalue weighted by Gasteiger charge is -2.01. The summed E-state index contributed by atoms with van der Waals surface area (Å²) in [5, 5.41) is 3.10. The number of benzene rings is 1. The molecule has 0 saturated heterocycles. The number of halogens is 1. The normalized spacial score (nSPS) is 10.9. The van der Waals surface area contributed by atoms with Crippen molar-refractivity contribution < 1.29 is 4.39 Å². The van der Waals surface area contributed by atoms with Crippen LogP contribution in [0.4, 0.5) is 4.39 Å². The van der Waals surface area contributed by atoms with Crippen molar-refractivity contribution in [3.05, 3.63) is 47.5 Å². The summed E-state index contributed by atoms with van der Waals surface area (Å²) in [5.74, 6) is -0.221. The van der Waals surface area contributed by atoms with Crippen molar-refractivity contribution >= 4 is 21.6 Å². The molecule has 84 valence electrons. The molecule has 0 fully saturated rings. The van der Waals surface area contributed by atoms with Gasteiger partial charge in [-0.2, -0.15) is 0 Å². The summed E-state index contributed by atoms with van der Waals surface area (Å²) in [6, 6.07) is 6.50. The van der Waals surface area contributed by atoms with Gasteiger partial charge in [0.05, 0.1) is 0 Å². The van der Waals surface area contributed by atoms with Crippen LogP contribution in [0.25, 0.3) is 21.3 Å². The quantitative estimate of drug-likeness (QED) is 0.650. The molecule has 0 amide bonds. The number of thiophene rings is 1. The Kier molecular flexibility index (Phi) is 2.37. The van der Waals surface area contributed by atoms with Crippen LogP contribution in [0, 0.1) is 12.7 Å². The zero-order valence-corrected chi connectivity index (χ0v) is 9.96. The summed E-state index contributed by atoms with van der Waals surface area (Å²) in [7, 11) is 0. The fraction of sp³-hybridized carbons (Fsp3) is 0.0769. The first-order valence-corrected chi connectivity index (χ1v) is 6.08. The van der Waals surface area contributed by atoms with Crippen molar-refractivity contribution in [1.82, 2.24) is 9.97 Å². The zero-order valence-electron chi connectivity index (χ0n) is 9.14. The highest BCUT2D eigenvalue weighted by atomic mass is 32.1. The molecule has 0 spiro atoms. The second-order valence-electron chi connectivity index (χ2n) is 3.80. The maximum absolute atomic E-state index is 12.9. The number of hydrogen-bond acceptors (Lipinski definition) is 3. The van der Waals surface area contributed by atoms with Gasteiger partial charge in [-0.3, -0.25) is 0 Å². The van der Waals surface area contributed by atoms with Crippen molar-refractivity contribution in [2.45, 2.75) is 6.92 Å². The molecule has 0 aliphatic carbocycles. The Hall–Kier alpha value is -1.81. The molecule has 3 aromatic rings. The van der Waals surface area contributed by atoms with Gasteiger partial charge in [0.2, 0.25) is 0 Å². The molecular weight excluding hydrogens is 235 g/mol. The lowest BCUT2D eigenvalue weighted by Crippen LogP contribution is -1.85. The third kappa shape index (κ3) is 1.70. The van der Waals surface area contributed by atoms with Gasteiger partial charge in [0, 0.05) is 22.0 Å². The lowest BCUT2D eigenvalue weighted by molar-refractivity contribution is 0.628. The van der Waals surface area contributed by atoms with E-state index in [1.54, 1.807) is 29.8 Å². The van der Waals surface area contributed by atoms with Crippen molar-refractivity contribution in [2.24, 2.45) is 0 Å². The molecule has 3 rings (SSSR count). The Balaban J connectivity index is 2.27. The molecule has 2 nitrogen and oxygen atoms in total.